The Morgan fingerprint density at radius 2 is 1.86 bits per heavy atom. The Morgan fingerprint density at radius 3 is 2.62 bits per heavy atom. The first kappa shape index (κ1) is 18.1. The van der Waals surface area contributed by atoms with E-state index < -0.39 is 6.97 Å². The molecule has 0 bridgehead atoms. The van der Waals surface area contributed by atoms with Crippen molar-refractivity contribution in [2.75, 3.05) is 0 Å². The lowest BCUT2D eigenvalue weighted by Gasteiger charge is -2.39. The van der Waals surface area contributed by atoms with E-state index in [1.807, 2.05) is 47.9 Å². The smallest absolute Gasteiger partial charge is 0.422 e. The molecule has 2 aromatic carbocycles. The Balaban J connectivity index is 1.76. The van der Waals surface area contributed by atoms with Crippen LogP contribution in [0.2, 0.25) is 5.02 Å². The van der Waals surface area contributed by atoms with Crippen molar-refractivity contribution in [1.82, 2.24) is 9.38 Å². The van der Waals surface area contributed by atoms with E-state index in [2.05, 4.69) is 0 Å². The van der Waals surface area contributed by atoms with Crippen LogP contribution in [0.25, 0.3) is 17.3 Å². The Morgan fingerprint density at radius 1 is 1.10 bits per heavy atom. The third kappa shape index (κ3) is 2.72. The number of rotatable bonds is 3. The van der Waals surface area contributed by atoms with Crippen LogP contribution in [-0.4, -0.2) is 22.2 Å². The van der Waals surface area contributed by atoms with Gasteiger partial charge in [0.15, 0.2) is 5.84 Å². The molecule has 3 aromatic rings. The minimum absolute atomic E-state index is 0.262. The first-order valence-electron chi connectivity index (χ1n) is 9.58. The van der Waals surface area contributed by atoms with Crippen LogP contribution in [0.4, 0.5) is 14.6 Å². The van der Waals surface area contributed by atoms with Gasteiger partial charge in [-0.3, -0.25) is 0 Å². The zero-order valence-electron chi connectivity index (χ0n) is 15.8. The lowest BCUT2D eigenvalue weighted by atomic mass is 9.88. The predicted molar refractivity (Wildman–Crippen MR) is 112 cm³/mol. The lowest BCUT2D eigenvalue weighted by Crippen LogP contribution is -2.70. The molecule has 0 atom stereocenters. The maximum Gasteiger partial charge on any atom is 0.608 e. The van der Waals surface area contributed by atoms with Crippen molar-refractivity contribution in [1.29, 1.82) is 0 Å². The highest BCUT2D eigenvalue weighted by Crippen LogP contribution is 2.34. The minimum Gasteiger partial charge on any atom is -0.422 e. The number of fused-ring (bicyclic) bond motifs is 4. The first-order valence-corrected chi connectivity index (χ1v) is 9.96. The average molecular weight is 411 g/mol. The SMILES string of the molecule is CCCn1c(-c2ccc(Cl)cc2)c[n+]2c1N=C1c3ccccc3C=CN1[B-]2(F)F. The van der Waals surface area contributed by atoms with E-state index in [1.54, 1.807) is 18.2 Å². The summed E-state index contributed by atoms with van der Waals surface area (Å²) in [5.41, 5.74) is 3.11. The fraction of sp³-hybridized carbons (Fsp3) is 0.143. The van der Waals surface area contributed by atoms with Crippen molar-refractivity contribution >= 4 is 36.4 Å². The van der Waals surface area contributed by atoms with Crippen LogP contribution in [0, 0.1) is 0 Å². The summed E-state index contributed by atoms with van der Waals surface area (Å²) in [6, 6.07) is 14.7. The molecule has 0 N–H and O–H groups in total. The molecule has 0 aliphatic carbocycles. The van der Waals surface area contributed by atoms with E-state index in [9.17, 15) is 0 Å². The second-order valence-corrected chi connectivity index (χ2v) is 7.65. The molecule has 5 rings (SSSR count). The Labute approximate surface area is 172 Å². The molecule has 4 nitrogen and oxygen atoms in total. The summed E-state index contributed by atoms with van der Waals surface area (Å²) in [5, 5.41) is 0.605. The molecule has 0 radical (unpaired) electrons. The number of aromatic nitrogens is 2. The lowest BCUT2D eigenvalue weighted by molar-refractivity contribution is -0.559. The van der Waals surface area contributed by atoms with E-state index >= 15 is 8.63 Å². The van der Waals surface area contributed by atoms with Crippen molar-refractivity contribution in [2.24, 2.45) is 4.99 Å². The first-order chi connectivity index (χ1) is 14.0. The largest absolute Gasteiger partial charge is 0.608 e. The summed E-state index contributed by atoms with van der Waals surface area (Å²) in [6.07, 6.45) is 5.43. The summed E-state index contributed by atoms with van der Waals surface area (Å²) in [4.78, 5) is 5.71. The summed E-state index contributed by atoms with van der Waals surface area (Å²) >= 11 is 6.01. The van der Waals surface area contributed by atoms with Crippen LogP contribution in [0.5, 0.6) is 0 Å². The third-order valence-corrected chi connectivity index (χ3v) is 5.60. The van der Waals surface area contributed by atoms with Crippen molar-refractivity contribution in [3.63, 3.8) is 0 Å². The zero-order chi connectivity index (χ0) is 20.2. The van der Waals surface area contributed by atoms with E-state index in [-0.39, 0.29) is 11.8 Å². The monoisotopic (exact) mass is 410 g/mol. The Kier molecular flexibility index (Phi) is 4.10. The summed E-state index contributed by atoms with van der Waals surface area (Å²) in [6.45, 7) is -1.47. The number of halogens is 3. The van der Waals surface area contributed by atoms with Gasteiger partial charge in [0.25, 0.3) is 0 Å². The quantitative estimate of drug-likeness (QED) is 0.551. The number of imidazole rings is 1. The number of benzene rings is 2. The molecule has 0 amide bonds. The normalized spacial score (nSPS) is 16.1. The molecule has 0 fully saturated rings. The van der Waals surface area contributed by atoms with E-state index in [4.69, 9.17) is 16.6 Å². The molecule has 0 saturated carbocycles. The summed E-state index contributed by atoms with van der Waals surface area (Å²) in [5.74, 6) is 0.546. The molecule has 2 aliphatic heterocycles. The molecule has 0 spiro atoms. The maximum atomic E-state index is 15.6. The van der Waals surface area contributed by atoms with Crippen LogP contribution < -0.4 is 4.48 Å². The zero-order valence-corrected chi connectivity index (χ0v) is 16.5. The molecule has 1 aromatic heterocycles. The van der Waals surface area contributed by atoms with Gasteiger partial charge in [-0.25, -0.2) is 4.57 Å². The highest BCUT2D eigenvalue weighted by molar-refractivity contribution is 6.59. The summed E-state index contributed by atoms with van der Waals surface area (Å²) in [7, 11) is 0. The fourth-order valence-corrected chi connectivity index (χ4v) is 4.09. The van der Waals surface area contributed by atoms with Crippen LogP contribution in [0.15, 0.2) is 65.9 Å². The van der Waals surface area contributed by atoms with Gasteiger partial charge in [0.2, 0.25) is 0 Å². The molecule has 0 unspecified atom stereocenters. The summed E-state index contributed by atoms with van der Waals surface area (Å²) < 4.78 is 34.1. The van der Waals surface area contributed by atoms with E-state index in [0.29, 0.717) is 22.8 Å². The van der Waals surface area contributed by atoms with Gasteiger partial charge in [-0.2, -0.15) is 0 Å². The van der Waals surface area contributed by atoms with Gasteiger partial charge in [0.05, 0.1) is 12.7 Å². The molecule has 29 heavy (non-hydrogen) atoms. The van der Waals surface area contributed by atoms with Gasteiger partial charge in [0, 0.05) is 16.1 Å². The highest BCUT2D eigenvalue weighted by Gasteiger charge is 2.50. The van der Waals surface area contributed by atoms with Crippen LogP contribution in [0.1, 0.15) is 24.5 Å². The van der Waals surface area contributed by atoms with Gasteiger partial charge in [-0.15, -0.1) is 0 Å². The van der Waals surface area contributed by atoms with Crippen molar-refractivity contribution in [2.45, 2.75) is 19.9 Å². The molecule has 146 valence electrons. The van der Waals surface area contributed by atoms with Gasteiger partial charge >= 0.3 is 12.9 Å². The van der Waals surface area contributed by atoms with E-state index in [1.165, 1.54) is 12.4 Å². The number of amidine groups is 1. The molecule has 3 heterocycles. The topological polar surface area (TPSA) is 24.4 Å². The second-order valence-electron chi connectivity index (χ2n) is 7.21. The third-order valence-electron chi connectivity index (χ3n) is 5.35. The second kappa shape index (κ2) is 6.56. The van der Waals surface area contributed by atoms with Crippen molar-refractivity contribution < 1.29 is 13.1 Å². The van der Waals surface area contributed by atoms with Crippen molar-refractivity contribution in [3.8, 4) is 11.3 Å². The number of nitrogens with zero attached hydrogens (tertiary/aromatic N) is 4. The molecule has 8 heteroatoms. The Bertz CT molecular complexity index is 1170. The standard InChI is InChI=1S/C21H18BClF2N4/c1-2-12-27-19(16-7-9-17(23)10-8-16)14-29-21(27)26-20-18-6-4-3-5-15(18)11-13-28(20)22(29,24)25/h3-11,13-14H,2,12H2,1H3. The minimum atomic E-state index is -4.07. The Hall–Kier alpha value is -2.93. The maximum absolute atomic E-state index is 15.6. The van der Waals surface area contributed by atoms with Gasteiger partial charge in [-0.1, -0.05) is 41.7 Å². The van der Waals surface area contributed by atoms with Crippen LogP contribution in [0.3, 0.4) is 0 Å². The number of hydrogen-bond acceptors (Lipinski definition) is 2. The molecule has 2 aliphatic rings. The predicted octanol–water partition coefficient (Wildman–Crippen LogP) is 5.11. The van der Waals surface area contributed by atoms with E-state index in [0.717, 1.165) is 26.8 Å². The van der Waals surface area contributed by atoms with Crippen molar-refractivity contribution in [3.05, 3.63) is 77.1 Å². The molecular formula is C21H18BClF2N4. The highest BCUT2D eigenvalue weighted by atomic mass is 35.5. The van der Waals surface area contributed by atoms with Gasteiger partial charge in [-0.05, 0) is 54.6 Å². The number of hydrogen-bond donors (Lipinski definition) is 0. The van der Waals surface area contributed by atoms with Crippen LogP contribution >= 0.6 is 11.6 Å². The number of aliphatic imine (C=N–C) groups is 1. The molecular weight excluding hydrogens is 393 g/mol. The molecule has 0 saturated heterocycles. The average Bonchev–Trinajstić information content (AvgIpc) is 3.08. The van der Waals surface area contributed by atoms with Gasteiger partial charge in [0.1, 0.15) is 5.69 Å². The van der Waals surface area contributed by atoms with Gasteiger partial charge < -0.3 is 17.9 Å². The van der Waals surface area contributed by atoms with Crippen LogP contribution in [-0.2, 0) is 6.54 Å². The fourth-order valence-electron chi connectivity index (χ4n) is 3.96.